The zero-order valence-electron chi connectivity index (χ0n) is 5.18. The lowest BCUT2D eigenvalue weighted by Crippen LogP contribution is -1.72. The first-order valence-corrected chi connectivity index (χ1v) is 4.49. The van der Waals surface area contributed by atoms with Crippen molar-refractivity contribution in [3.63, 3.8) is 0 Å². The van der Waals surface area contributed by atoms with Crippen LogP contribution in [0.5, 0.6) is 0 Å². The standard InChI is InChI=1S/C6H7NS2/c1-2-4-8-6-7-3-5-9-6/h3,5H2,1H3. The molecule has 0 saturated carbocycles. The first-order valence-electron chi connectivity index (χ1n) is 2.69. The van der Waals surface area contributed by atoms with Gasteiger partial charge in [0.25, 0.3) is 0 Å². The van der Waals surface area contributed by atoms with Crippen LogP contribution in [0.2, 0.25) is 0 Å². The Morgan fingerprint density at radius 3 is 3.22 bits per heavy atom. The first kappa shape index (κ1) is 7.04. The third kappa shape index (κ3) is 2.33. The molecular weight excluding hydrogens is 150 g/mol. The number of nitrogens with zero attached hydrogens (tertiary/aromatic N) is 1. The van der Waals surface area contributed by atoms with Crippen LogP contribution in [0.1, 0.15) is 6.92 Å². The first-order chi connectivity index (χ1) is 4.43. The summed E-state index contributed by atoms with van der Waals surface area (Å²) >= 11 is 3.33. The third-order valence-electron chi connectivity index (χ3n) is 0.798. The van der Waals surface area contributed by atoms with E-state index < -0.39 is 0 Å². The second kappa shape index (κ2) is 3.86. The molecule has 0 amide bonds. The molecule has 1 nitrogen and oxygen atoms in total. The highest BCUT2D eigenvalue weighted by atomic mass is 32.2. The van der Waals surface area contributed by atoms with Gasteiger partial charge in [0.2, 0.25) is 0 Å². The Balaban J connectivity index is 2.32. The van der Waals surface area contributed by atoms with Crippen molar-refractivity contribution in [1.82, 2.24) is 0 Å². The minimum Gasteiger partial charge on any atom is -0.270 e. The van der Waals surface area contributed by atoms with E-state index in [2.05, 4.69) is 16.2 Å². The van der Waals surface area contributed by atoms with Crippen LogP contribution >= 0.6 is 23.5 Å². The lowest BCUT2D eigenvalue weighted by molar-refractivity contribution is 1.18. The van der Waals surface area contributed by atoms with Gasteiger partial charge in [-0.3, -0.25) is 4.99 Å². The summed E-state index contributed by atoms with van der Waals surface area (Å²) in [5.41, 5.74) is 0. The lowest BCUT2D eigenvalue weighted by atomic mass is 10.8. The number of hydrogen-bond donors (Lipinski definition) is 0. The van der Waals surface area contributed by atoms with Crippen molar-refractivity contribution in [2.24, 2.45) is 4.99 Å². The average molecular weight is 157 g/mol. The van der Waals surface area contributed by atoms with Crippen molar-refractivity contribution in [1.29, 1.82) is 0 Å². The Bertz CT molecular complexity index is 175. The third-order valence-corrected chi connectivity index (χ3v) is 2.77. The van der Waals surface area contributed by atoms with E-state index in [1.165, 1.54) is 11.8 Å². The minimum atomic E-state index is 0.971. The van der Waals surface area contributed by atoms with E-state index >= 15 is 0 Å². The normalized spacial score (nSPS) is 16.3. The summed E-state index contributed by atoms with van der Waals surface area (Å²) in [5.74, 6) is 3.95. The van der Waals surface area contributed by atoms with Crippen LogP contribution in [0.3, 0.4) is 0 Å². The Hall–Kier alpha value is -0.0700. The molecule has 0 atom stereocenters. The van der Waals surface area contributed by atoms with Crippen LogP contribution in [-0.4, -0.2) is 16.7 Å². The van der Waals surface area contributed by atoms with E-state index in [-0.39, 0.29) is 0 Å². The molecule has 0 aromatic rings. The van der Waals surface area contributed by atoms with E-state index in [0.29, 0.717) is 0 Å². The summed E-state index contributed by atoms with van der Waals surface area (Å²) in [4.78, 5) is 4.21. The van der Waals surface area contributed by atoms with Crippen molar-refractivity contribution < 1.29 is 0 Å². The summed E-state index contributed by atoms with van der Waals surface area (Å²) < 4.78 is 1.13. The van der Waals surface area contributed by atoms with Crippen molar-refractivity contribution in [2.75, 3.05) is 12.3 Å². The van der Waals surface area contributed by atoms with Gasteiger partial charge in [0, 0.05) is 5.75 Å². The number of aliphatic imine (C=N–C) groups is 1. The molecule has 9 heavy (non-hydrogen) atoms. The SMILES string of the molecule is CC#CSC1=NCCS1. The number of thioether (sulfide) groups is 2. The van der Waals surface area contributed by atoms with Gasteiger partial charge in [-0.1, -0.05) is 17.7 Å². The van der Waals surface area contributed by atoms with Gasteiger partial charge in [-0.05, 0) is 23.9 Å². The molecule has 0 aromatic carbocycles. The van der Waals surface area contributed by atoms with Crippen LogP contribution in [0.15, 0.2) is 4.99 Å². The zero-order chi connectivity index (χ0) is 6.53. The van der Waals surface area contributed by atoms with Crippen LogP contribution in [0.25, 0.3) is 0 Å². The van der Waals surface area contributed by atoms with E-state index in [1.54, 1.807) is 11.8 Å². The van der Waals surface area contributed by atoms with Gasteiger partial charge in [-0.25, -0.2) is 0 Å². The van der Waals surface area contributed by atoms with Crippen LogP contribution in [-0.2, 0) is 0 Å². The van der Waals surface area contributed by atoms with Gasteiger partial charge >= 0.3 is 0 Å². The van der Waals surface area contributed by atoms with Gasteiger partial charge in [0.15, 0.2) is 0 Å². The average Bonchev–Trinajstić information content (AvgIpc) is 2.34. The summed E-state index contributed by atoms with van der Waals surface area (Å²) in [5, 5.41) is 2.91. The van der Waals surface area contributed by atoms with Gasteiger partial charge in [-0.15, -0.1) is 0 Å². The Morgan fingerprint density at radius 2 is 2.67 bits per heavy atom. The maximum atomic E-state index is 4.21. The molecule has 0 unspecified atom stereocenters. The second-order valence-electron chi connectivity index (χ2n) is 1.45. The molecule has 0 radical (unpaired) electrons. The molecule has 1 heterocycles. The Morgan fingerprint density at radius 1 is 1.78 bits per heavy atom. The maximum Gasteiger partial charge on any atom is 0.137 e. The summed E-state index contributed by atoms with van der Waals surface area (Å²) in [7, 11) is 0. The number of hydrogen-bond acceptors (Lipinski definition) is 3. The minimum absolute atomic E-state index is 0.971. The molecule has 0 fully saturated rings. The molecule has 0 N–H and O–H groups in total. The predicted molar refractivity (Wildman–Crippen MR) is 45.8 cm³/mol. The van der Waals surface area contributed by atoms with E-state index in [9.17, 15) is 0 Å². The number of rotatable bonds is 0. The topological polar surface area (TPSA) is 12.4 Å². The molecule has 48 valence electrons. The molecule has 0 aromatic heterocycles. The summed E-state index contributed by atoms with van der Waals surface area (Å²) in [6, 6.07) is 0. The Kier molecular flexibility index (Phi) is 3.02. The molecule has 3 heteroatoms. The lowest BCUT2D eigenvalue weighted by Gasteiger charge is -1.85. The monoisotopic (exact) mass is 157 g/mol. The smallest absolute Gasteiger partial charge is 0.137 e. The molecule has 0 aliphatic carbocycles. The van der Waals surface area contributed by atoms with Gasteiger partial charge in [0.1, 0.15) is 4.38 Å². The van der Waals surface area contributed by atoms with Gasteiger partial charge < -0.3 is 0 Å². The summed E-state index contributed by atoms with van der Waals surface area (Å²) in [6.07, 6.45) is 0. The highest BCUT2D eigenvalue weighted by molar-refractivity contribution is 8.40. The van der Waals surface area contributed by atoms with Crippen molar-refractivity contribution in [2.45, 2.75) is 6.92 Å². The zero-order valence-corrected chi connectivity index (χ0v) is 6.81. The fraction of sp³-hybridized carbons (Fsp3) is 0.500. The fourth-order valence-electron chi connectivity index (χ4n) is 0.472. The maximum absolute atomic E-state index is 4.21. The molecular formula is C6H7NS2. The molecule has 1 rings (SSSR count). The highest BCUT2D eigenvalue weighted by Gasteiger charge is 2.04. The molecule has 1 aliphatic heterocycles. The van der Waals surface area contributed by atoms with Crippen molar-refractivity contribution in [3.8, 4) is 11.2 Å². The molecule has 0 spiro atoms. The van der Waals surface area contributed by atoms with Gasteiger partial charge in [0.05, 0.1) is 6.54 Å². The predicted octanol–water partition coefficient (Wildman–Crippen LogP) is 1.80. The highest BCUT2D eigenvalue weighted by Crippen LogP contribution is 2.20. The largest absolute Gasteiger partial charge is 0.270 e. The molecule has 1 aliphatic rings. The van der Waals surface area contributed by atoms with E-state index in [4.69, 9.17) is 0 Å². The van der Waals surface area contributed by atoms with E-state index in [1.807, 2.05) is 6.92 Å². The van der Waals surface area contributed by atoms with Gasteiger partial charge in [-0.2, -0.15) is 0 Å². The van der Waals surface area contributed by atoms with E-state index in [0.717, 1.165) is 16.7 Å². The Labute approximate surface area is 63.7 Å². The fourth-order valence-corrected chi connectivity index (χ4v) is 1.97. The molecule has 0 bridgehead atoms. The van der Waals surface area contributed by atoms with Crippen LogP contribution in [0, 0.1) is 11.2 Å². The van der Waals surface area contributed by atoms with Crippen LogP contribution < -0.4 is 0 Å². The second-order valence-corrected chi connectivity index (χ2v) is 3.59. The van der Waals surface area contributed by atoms with Crippen molar-refractivity contribution >= 4 is 27.9 Å². The molecule has 0 saturated heterocycles. The van der Waals surface area contributed by atoms with Crippen LogP contribution in [0.4, 0.5) is 0 Å². The van der Waals surface area contributed by atoms with Crippen molar-refractivity contribution in [3.05, 3.63) is 0 Å². The quantitative estimate of drug-likeness (QED) is 0.497. The summed E-state index contributed by atoms with van der Waals surface area (Å²) in [6.45, 7) is 2.81.